The fourth-order valence-corrected chi connectivity index (χ4v) is 4.80. The first-order chi connectivity index (χ1) is 17.5. The normalized spacial score (nSPS) is 11.2. The van der Waals surface area contributed by atoms with E-state index in [2.05, 4.69) is 23.2 Å². The largest absolute Gasteiger partial charge is 0.453 e. The Bertz CT molecular complexity index is 1810. The molecular formula is C31H21FN3O+. The van der Waals surface area contributed by atoms with E-state index in [1.54, 1.807) is 12.4 Å². The topological polar surface area (TPSA) is 53.7 Å². The van der Waals surface area contributed by atoms with E-state index in [1.807, 2.05) is 73.1 Å². The molecule has 4 nitrogen and oxygen atoms in total. The number of nitrogens with zero attached hydrogens (tertiary/aromatic N) is 3. The van der Waals surface area contributed by atoms with Gasteiger partial charge in [-0.15, -0.1) is 0 Å². The third-order valence-electron chi connectivity index (χ3n) is 6.63. The van der Waals surface area contributed by atoms with Crippen LogP contribution in [0.1, 0.15) is 11.1 Å². The molecule has 3 aromatic heterocycles. The Hall–Kier alpha value is -4.82. The second-order valence-corrected chi connectivity index (χ2v) is 8.86. The maximum atomic E-state index is 14.2. The summed E-state index contributed by atoms with van der Waals surface area (Å²) in [6, 6.07) is 27.4. The Morgan fingerprint density at radius 3 is 2.33 bits per heavy atom. The number of benzene rings is 3. The Morgan fingerprint density at radius 2 is 1.58 bits per heavy atom. The molecule has 6 rings (SSSR count). The predicted octanol–water partition coefficient (Wildman–Crippen LogP) is 7.13. The van der Waals surface area contributed by atoms with Crippen LogP contribution in [0.5, 0.6) is 0 Å². The number of halogens is 1. The predicted molar refractivity (Wildman–Crippen MR) is 138 cm³/mol. The zero-order valence-corrected chi connectivity index (χ0v) is 19.8. The second kappa shape index (κ2) is 8.44. The van der Waals surface area contributed by atoms with Gasteiger partial charge < -0.3 is 4.42 Å². The first kappa shape index (κ1) is 21.7. The van der Waals surface area contributed by atoms with E-state index < -0.39 is 0 Å². The molecule has 0 saturated carbocycles. The lowest BCUT2D eigenvalue weighted by Gasteiger charge is -2.07. The van der Waals surface area contributed by atoms with Crippen LogP contribution in [0.4, 0.5) is 4.39 Å². The lowest BCUT2D eigenvalue weighted by atomic mass is 9.97. The summed E-state index contributed by atoms with van der Waals surface area (Å²) in [7, 11) is 1.88. The Labute approximate surface area is 207 Å². The Balaban J connectivity index is 1.62. The first-order valence-corrected chi connectivity index (χ1v) is 11.6. The van der Waals surface area contributed by atoms with Gasteiger partial charge in [0.2, 0.25) is 5.69 Å². The van der Waals surface area contributed by atoms with Crippen molar-refractivity contribution in [1.82, 2.24) is 4.98 Å². The maximum Gasteiger partial charge on any atom is 0.219 e. The number of aryl methyl sites for hydroxylation is 2. The van der Waals surface area contributed by atoms with Crippen molar-refractivity contribution in [3.8, 4) is 39.6 Å². The highest BCUT2D eigenvalue weighted by Gasteiger charge is 2.24. The van der Waals surface area contributed by atoms with Gasteiger partial charge in [-0.05, 0) is 35.2 Å². The number of pyridine rings is 2. The summed E-state index contributed by atoms with van der Waals surface area (Å²) in [6.45, 7) is 1.98. The van der Waals surface area contributed by atoms with Crippen LogP contribution in [0.15, 0.2) is 95.7 Å². The molecule has 172 valence electrons. The van der Waals surface area contributed by atoms with Crippen molar-refractivity contribution >= 4 is 22.1 Å². The summed E-state index contributed by atoms with van der Waals surface area (Å²) in [6.07, 6.45) is 3.29. The molecule has 0 aliphatic carbocycles. The Kier molecular flexibility index (Phi) is 5.09. The monoisotopic (exact) mass is 470 g/mol. The van der Waals surface area contributed by atoms with E-state index in [0.29, 0.717) is 33.5 Å². The van der Waals surface area contributed by atoms with Crippen molar-refractivity contribution in [2.75, 3.05) is 0 Å². The molecule has 36 heavy (non-hydrogen) atoms. The minimum atomic E-state index is -0.320. The molecule has 0 aliphatic heterocycles. The molecule has 6 aromatic rings. The number of fused-ring (bicyclic) bond motifs is 3. The molecule has 0 spiro atoms. The van der Waals surface area contributed by atoms with Crippen molar-refractivity contribution < 1.29 is 13.4 Å². The average Bonchev–Trinajstić information content (AvgIpc) is 3.29. The standard InChI is InChI=1S/C31H21FN3O/c1-19-8-13-25-29-31(36-30(25)27(19)26-16-24(32)14-15-35(26)2)28(23(17-33)18-34-29)22-11-9-21(10-12-22)20-6-4-3-5-7-20/h3-16,18H,1-2H3/q+1. The van der Waals surface area contributed by atoms with Gasteiger partial charge in [-0.25, -0.2) is 8.96 Å². The summed E-state index contributed by atoms with van der Waals surface area (Å²) < 4.78 is 22.6. The van der Waals surface area contributed by atoms with Crippen LogP contribution in [0, 0.1) is 24.1 Å². The van der Waals surface area contributed by atoms with Gasteiger partial charge in [0.25, 0.3) is 0 Å². The van der Waals surface area contributed by atoms with Crippen LogP contribution < -0.4 is 4.57 Å². The van der Waals surface area contributed by atoms with E-state index in [1.165, 1.54) is 12.1 Å². The molecule has 0 amide bonds. The SMILES string of the molecule is Cc1ccc2c(oc3c(-c4ccc(-c5ccccc5)cc4)c(C#N)cnc32)c1-c1cc(F)cc[n+]1C. The molecule has 0 bridgehead atoms. The number of hydrogen-bond donors (Lipinski definition) is 0. The zero-order chi connectivity index (χ0) is 24.8. The number of rotatable bonds is 3. The van der Waals surface area contributed by atoms with E-state index in [9.17, 15) is 9.65 Å². The van der Waals surface area contributed by atoms with Gasteiger partial charge >= 0.3 is 0 Å². The molecule has 3 heterocycles. The average molecular weight is 471 g/mol. The molecule has 0 saturated heterocycles. The molecule has 5 heteroatoms. The number of furan rings is 1. The van der Waals surface area contributed by atoms with Crippen LogP contribution in [-0.2, 0) is 7.05 Å². The van der Waals surface area contributed by atoms with E-state index in [-0.39, 0.29) is 5.82 Å². The number of aromatic nitrogens is 2. The fraction of sp³-hybridized carbons (Fsp3) is 0.0645. The third-order valence-corrected chi connectivity index (χ3v) is 6.63. The second-order valence-electron chi connectivity index (χ2n) is 8.86. The summed E-state index contributed by atoms with van der Waals surface area (Å²) in [5, 5.41) is 10.7. The molecule has 0 fully saturated rings. The molecular weight excluding hydrogens is 449 g/mol. The van der Waals surface area contributed by atoms with Crippen molar-refractivity contribution in [1.29, 1.82) is 5.26 Å². The van der Waals surface area contributed by atoms with Crippen molar-refractivity contribution in [2.24, 2.45) is 7.05 Å². The minimum absolute atomic E-state index is 0.320. The lowest BCUT2D eigenvalue weighted by molar-refractivity contribution is -0.660. The van der Waals surface area contributed by atoms with Gasteiger partial charge in [0.1, 0.15) is 24.5 Å². The van der Waals surface area contributed by atoms with Gasteiger partial charge in [-0.3, -0.25) is 4.98 Å². The summed E-state index contributed by atoms with van der Waals surface area (Å²) in [5.74, 6) is -0.320. The first-order valence-electron chi connectivity index (χ1n) is 11.6. The molecule has 0 aliphatic rings. The van der Waals surface area contributed by atoms with Gasteiger partial charge in [0.05, 0.1) is 11.1 Å². The van der Waals surface area contributed by atoms with Crippen molar-refractivity contribution in [3.63, 3.8) is 0 Å². The fourth-order valence-electron chi connectivity index (χ4n) is 4.80. The highest BCUT2D eigenvalue weighted by atomic mass is 19.1. The van der Waals surface area contributed by atoms with Crippen LogP contribution in [-0.4, -0.2) is 4.98 Å². The molecule has 0 atom stereocenters. The lowest BCUT2D eigenvalue weighted by Crippen LogP contribution is -2.30. The van der Waals surface area contributed by atoms with Gasteiger partial charge in [0.15, 0.2) is 17.4 Å². The van der Waals surface area contributed by atoms with Crippen molar-refractivity contribution in [3.05, 3.63) is 108 Å². The molecule has 0 unspecified atom stereocenters. The summed E-state index contributed by atoms with van der Waals surface area (Å²) in [4.78, 5) is 4.60. The van der Waals surface area contributed by atoms with Crippen molar-refractivity contribution in [2.45, 2.75) is 6.92 Å². The minimum Gasteiger partial charge on any atom is -0.453 e. The smallest absolute Gasteiger partial charge is 0.219 e. The van der Waals surface area contributed by atoms with E-state index in [4.69, 9.17) is 4.42 Å². The quantitative estimate of drug-likeness (QED) is 0.259. The number of hydrogen-bond acceptors (Lipinski definition) is 3. The highest BCUT2D eigenvalue weighted by Crippen LogP contribution is 2.41. The van der Waals surface area contributed by atoms with Gasteiger partial charge in [0, 0.05) is 29.3 Å². The highest BCUT2D eigenvalue weighted by molar-refractivity contribution is 6.12. The van der Waals surface area contributed by atoms with E-state index in [0.717, 1.165) is 33.2 Å². The van der Waals surface area contributed by atoms with Crippen LogP contribution >= 0.6 is 0 Å². The molecule has 3 aromatic carbocycles. The summed E-state index contributed by atoms with van der Waals surface area (Å²) >= 11 is 0. The molecule has 0 radical (unpaired) electrons. The van der Waals surface area contributed by atoms with Crippen LogP contribution in [0.2, 0.25) is 0 Å². The van der Waals surface area contributed by atoms with Gasteiger partial charge in [-0.2, -0.15) is 5.26 Å². The zero-order valence-electron chi connectivity index (χ0n) is 19.8. The Morgan fingerprint density at radius 1 is 0.861 bits per heavy atom. The third kappa shape index (κ3) is 3.43. The number of nitriles is 1. The van der Waals surface area contributed by atoms with Gasteiger partial charge in [-0.1, -0.05) is 60.7 Å². The maximum absolute atomic E-state index is 14.2. The molecule has 0 N–H and O–H groups in total. The van der Waals surface area contributed by atoms with E-state index >= 15 is 0 Å². The van der Waals surface area contributed by atoms with Crippen LogP contribution in [0.3, 0.4) is 0 Å². The summed E-state index contributed by atoms with van der Waals surface area (Å²) in [5.41, 5.74) is 8.51. The van der Waals surface area contributed by atoms with Crippen LogP contribution in [0.25, 0.3) is 55.6 Å².